The molecule has 2 nitrogen and oxygen atoms in total. The van der Waals surface area contributed by atoms with Crippen LogP contribution < -0.4 is 5.32 Å². The molecule has 1 rings (SSSR count). The summed E-state index contributed by atoms with van der Waals surface area (Å²) in [7, 11) is 0. The van der Waals surface area contributed by atoms with E-state index in [0.29, 0.717) is 11.5 Å². The summed E-state index contributed by atoms with van der Waals surface area (Å²) in [5.74, 6) is 0.0726. The molecule has 16 heavy (non-hydrogen) atoms. The molecule has 1 aromatic carbocycles. The molecule has 0 bridgehead atoms. The lowest BCUT2D eigenvalue weighted by atomic mass is 10.0. The first kappa shape index (κ1) is 12.7. The zero-order valence-electron chi connectivity index (χ0n) is 9.96. The Labute approximate surface area is 95.9 Å². The van der Waals surface area contributed by atoms with Crippen molar-refractivity contribution in [3.8, 4) is 0 Å². The van der Waals surface area contributed by atoms with E-state index in [1.165, 1.54) is 24.3 Å². The molecule has 1 N–H and O–H groups in total. The maximum Gasteiger partial charge on any atom is 0.251 e. The normalized spacial score (nSPS) is 12.6. The molecule has 88 valence electrons. The standard InChI is InChI=1S/C13H18FNO/c1-9(2)8-10(3)15-13(16)11-4-6-12(14)7-5-11/h4-7,9-10H,8H2,1-3H3,(H,15,16)/t10-/m0/s1. The molecule has 0 spiro atoms. The average molecular weight is 223 g/mol. The number of benzene rings is 1. The minimum Gasteiger partial charge on any atom is -0.350 e. The Hall–Kier alpha value is -1.38. The summed E-state index contributed by atoms with van der Waals surface area (Å²) in [5, 5.41) is 2.89. The Morgan fingerprint density at radius 3 is 2.31 bits per heavy atom. The van der Waals surface area contributed by atoms with Gasteiger partial charge in [-0.2, -0.15) is 0 Å². The summed E-state index contributed by atoms with van der Waals surface area (Å²) >= 11 is 0. The molecule has 0 fully saturated rings. The van der Waals surface area contributed by atoms with Gasteiger partial charge in [0.25, 0.3) is 5.91 Å². The number of amides is 1. The van der Waals surface area contributed by atoms with Crippen LogP contribution in [0.5, 0.6) is 0 Å². The molecule has 0 aliphatic rings. The molecule has 0 saturated carbocycles. The monoisotopic (exact) mass is 223 g/mol. The maximum absolute atomic E-state index is 12.7. The summed E-state index contributed by atoms with van der Waals surface area (Å²) in [6.45, 7) is 6.20. The van der Waals surface area contributed by atoms with E-state index in [4.69, 9.17) is 0 Å². The van der Waals surface area contributed by atoms with Gasteiger partial charge in [0.2, 0.25) is 0 Å². The van der Waals surface area contributed by atoms with Crippen molar-refractivity contribution in [3.63, 3.8) is 0 Å². The van der Waals surface area contributed by atoms with Crippen molar-refractivity contribution in [2.75, 3.05) is 0 Å². The molecule has 0 unspecified atom stereocenters. The Morgan fingerprint density at radius 1 is 1.25 bits per heavy atom. The Morgan fingerprint density at radius 2 is 1.81 bits per heavy atom. The van der Waals surface area contributed by atoms with E-state index in [2.05, 4.69) is 19.2 Å². The van der Waals surface area contributed by atoms with Gasteiger partial charge in [0.15, 0.2) is 0 Å². The van der Waals surface area contributed by atoms with Gasteiger partial charge in [-0.1, -0.05) is 13.8 Å². The summed E-state index contributed by atoms with van der Waals surface area (Å²) in [6, 6.07) is 5.71. The molecule has 0 aromatic heterocycles. The van der Waals surface area contributed by atoms with Crippen LogP contribution in [0.1, 0.15) is 37.6 Å². The van der Waals surface area contributed by atoms with Crippen molar-refractivity contribution < 1.29 is 9.18 Å². The molecule has 0 radical (unpaired) electrons. The SMILES string of the molecule is CC(C)C[C@H](C)NC(=O)c1ccc(F)cc1. The second-order valence-electron chi connectivity index (χ2n) is 4.51. The highest BCUT2D eigenvalue weighted by atomic mass is 19.1. The smallest absolute Gasteiger partial charge is 0.251 e. The van der Waals surface area contributed by atoms with Crippen LogP contribution in [0.25, 0.3) is 0 Å². The molecule has 3 heteroatoms. The number of hydrogen-bond donors (Lipinski definition) is 1. The molecule has 1 atom stereocenters. The number of rotatable bonds is 4. The Bertz CT molecular complexity index is 345. The van der Waals surface area contributed by atoms with Crippen LogP contribution in [0.4, 0.5) is 4.39 Å². The average Bonchev–Trinajstić information content (AvgIpc) is 2.16. The first-order valence-electron chi connectivity index (χ1n) is 5.55. The summed E-state index contributed by atoms with van der Waals surface area (Å²) < 4.78 is 12.7. The van der Waals surface area contributed by atoms with Gasteiger partial charge >= 0.3 is 0 Å². The highest BCUT2D eigenvalue weighted by Crippen LogP contribution is 2.06. The van der Waals surface area contributed by atoms with Crippen LogP contribution in [0.3, 0.4) is 0 Å². The van der Waals surface area contributed by atoms with Crippen LogP contribution in [-0.4, -0.2) is 11.9 Å². The fraction of sp³-hybridized carbons (Fsp3) is 0.462. The summed E-state index contributed by atoms with van der Waals surface area (Å²) in [5.41, 5.74) is 0.497. The minimum atomic E-state index is -0.327. The summed E-state index contributed by atoms with van der Waals surface area (Å²) in [4.78, 5) is 11.7. The lowest BCUT2D eigenvalue weighted by Gasteiger charge is -2.15. The van der Waals surface area contributed by atoms with Gasteiger partial charge in [-0.15, -0.1) is 0 Å². The van der Waals surface area contributed by atoms with E-state index in [1.54, 1.807) is 0 Å². The molecule has 0 aliphatic carbocycles. The molecular formula is C13H18FNO. The van der Waals surface area contributed by atoms with Crippen LogP contribution in [0.15, 0.2) is 24.3 Å². The first-order valence-corrected chi connectivity index (χ1v) is 5.55. The maximum atomic E-state index is 12.7. The molecule has 0 aliphatic heterocycles. The number of hydrogen-bond acceptors (Lipinski definition) is 1. The lowest BCUT2D eigenvalue weighted by molar-refractivity contribution is 0.0936. The van der Waals surface area contributed by atoms with Gasteiger partial charge in [-0.25, -0.2) is 4.39 Å². The van der Waals surface area contributed by atoms with E-state index in [-0.39, 0.29) is 17.8 Å². The predicted octanol–water partition coefficient (Wildman–Crippen LogP) is 2.99. The molecular weight excluding hydrogens is 205 g/mol. The van der Waals surface area contributed by atoms with Gasteiger partial charge in [0.1, 0.15) is 5.82 Å². The molecule has 1 aromatic rings. The van der Waals surface area contributed by atoms with Gasteiger partial charge in [0, 0.05) is 11.6 Å². The van der Waals surface area contributed by atoms with Gasteiger partial charge in [-0.3, -0.25) is 4.79 Å². The van der Waals surface area contributed by atoms with Crippen molar-refractivity contribution >= 4 is 5.91 Å². The van der Waals surface area contributed by atoms with Crippen LogP contribution in [0.2, 0.25) is 0 Å². The Balaban J connectivity index is 2.55. The molecule has 0 saturated heterocycles. The lowest BCUT2D eigenvalue weighted by Crippen LogP contribution is -2.33. The number of nitrogens with one attached hydrogen (secondary N) is 1. The third kappa shape index (κ3) is 4.01. The van der Waals surface area contributed by atoms with Crippen LogP contribution in [-0.2, 0) is 0 Å². The second kappa shape index (κ2) is 5.64. The zero-order chi connectivity index (χ0) is 12.1. The summed E-state index contributed by atoms with van der Waals surface area (Å²) in [6.07, 6.45) is 0.937. The highest BCUT2D eigenvalue weighted by Gasteiger charge is 2.10. The highest BCUT2D eigenvalue weighted by molar-refractivity contribution is 5.94. The van der Waals surface area contributed by atoms with Gasteiger partial charge < -0.3 is 5.32 Å². The third-order valence-corrected chi connectivity index (χ3v) is 2.31. The second-order valence-corrected chi connectivity index (χ2v) is 4.51. The fourth-order valence-corrected chi connectivity index (χ4v) is 1.67. The number of carbonyl (C=O) groups is 1. The molecule has 0 heterocycles. The number of carbonyl (C=O) groups excluding carboxylic acids is 1. The quantitative estimate of drug-likeness (QED) is 0.835. The van der Waals surface area contributed by atoms with E-state index in [9.17, 15) is 9.18 Å². The largest absolute Gasteiger partial charge is 0.350 e. The van der Waals surface area contributed by atoms with Crippen molar-refractivity contribution in [2.45, 2.75) is 33.2 Å². The van der Waals surface area contributed by atoms with E-state index < -0.39 is 0 Å². The fourth-order valence-electron chi connectivity index (χ4n) is 1.67. The van der Waals surface area contributed by atoms with Crippen molar-refractivity contribution in [2.24, 2.45) is 5.92 Å². The topological polar surface area (TPSA) is 29.1 Å². The predicted molar refractivity (Wildman–Crippen MR) is 62.8 cm³/mol. The van der Waals surface area contributed by atoms with Crippen molar-refractivity contribution in [1.29, 1.82) is 0 Å². The third-order valence-electron chi connectivity index (χ3n) is 2.31. The first-order chi connectivity index (χ1) is 7.49. The van der Waals surface area contributed by atoms with Crippen LogP contribution in [0, 0.1) is 11.7 Å². The Kier molecular flexibility index (Phi) is 4.47. The van der Waals surface area contributed by atoms with Gasteiger partial charge in [0.05, 0.1) is 0 Å². The van der Waals surface area contributed by atoms with E-state index in [1.807, 2.05) is 6.92 Å². The van der Waals surface area contributed by atoms with E-state index in [0.717, 1.165) is 6.42 Å². The zero-order valence-corrected chi connectivity index (χ0v) is 9.96. The van der Waals surface area contributed by atoms with Crippen LogP contribution >= 0.6 is 0 Å². The van der Waals surface area contributed by atoms with E-state index >= 15 is 0 Å². The van der Waals surface area contributed by atoms with Crippen molar-refractivity contribution in [3.05, 3.63) is 35.6 Å². The minimum absolute atomic E-state index is 0.137. The van der Waals surface area contributed by atoms with Crippen molar-refractivity contribution in [1.82, 2.24) is 5.32 Å². The van der Waals surface area contributed by atoms with Gasteiger partial charge in [-0.05, 0) is 43.5 Å². The molecule has 1 amide bonds. The number of halogens is 1.